The lowest BCUT2D eigenvalue weighted by Crippen LogP contribution is -2.08. The Morgan fingerprint density at radius 3 is 2.26 bits per heavy atom. The van der Waals surface area contributed by atoms with E-state index in [9.17, 15) is 0 Å². The van der Waals surface area contributed by atoms with Crippen LogP contribution >= 0.6 is 55.1 Å². The average molecular weight is 424 g/mol. The highest BCUT2D eigenvalue weighted by molar-refractivity contribution is 9.11. The quantitative estimate of drug-likeness (QED) is 0.579. The van der Waals surface area contributed by atoms with Crippen molar-refractivity contribution in [3.63, 3.8) is 0 Å². The molecule has 0 saturated carbocycles. The molecule has 100 valence electrons. The first kappa shape index (κ1) is 15.2. The number of benzene rings is 2. The van der Waals surface area contributed by atoms with E-state index in [1.807, 2.05) is 30.3 Å². The number of rotatable bonds is 3. The molecular weight excluding hydrogens is 413 g/mol. The van der Waals surface area contributed by atoms with Gasteiger partial charge in [0.25, 0.3) is 0 Å². The number of nitrogens with one attached hydrogen (secondary N) is 1. The molecule has 1 atom stereocenters. The van der Waals surface area contributed by atoms with Crippen LogP contribution in [0.5, 0.6) is 0 Å². The summed E-state index contributed by atoms with van der Waals surface area (Å²) in [4.78, 5) is 0. The van der Waals surface area contributed by atoms with Gasteiger partial charge in [0.1, 0.15) is 0 Å². The van der Waals surface area contributed by atoms with E-state index >= 15 is 0 Å². The highest BCUT2D eigenvalue weighted by Gasteiger charge is 2.13. The molecule has 1 N–H and O–H groups in total. The van der Waals surface area contributed by atoms with Crippen LogP contribution in [0.3, 0.4) is 0 Å². The van der Waals surface area contributed by atoms with Crippen molar-refractivity contribution in [1.29, 1.82) is 0 Å². The standard InChI is InChI=1S/C14H11Br2Cl2N/c1-8(10-6-5-9(17)7-13(10)18)19-14-11(15)3-2-4-12(14)16/h2-8,19H,1H3. The zero-order chi connectivity index (χ0) is 14.0. The molecule has 0 aromatic heterocycles. The number of para-hydroxylation sites is 1. The maximum Gasteiger partial charge on any atom is 0.0633 e. The Bertz CT molecular complexity index is 582. The van der Waals surface area contributed by atoms with Crippen LogP contribution < -0.4 is 5.32 Å². The van der Waals surface area contributed by atoms with Crippen molar-refractivity contribution in [1.82, 2.24) is 0 Å². The normalized spacial score (nSPS) is 12.3. The molecule has 2 aromatic carbocycles. The van der Waals surface area contributed by atoms with Gasteiger partial charge >= 0.3 is 0 Å². The molecule has 0 amide bonds. The zero-order valence-corrected chi connectivity index (χ0v) is 14.7. The van der Waals surface area contributed by atoms with E-state index in [0.29, 0.717) is 10.0 Å². The van der Waals surface area contributed by atoms with Gasteiger partial charge in [-0.25, -0.2) is 0 Å². The van der Waals surface area contributed by atoms with E-state index in [4.69, 9.17) is 23.2 Å². The number of halogens is 4. The monoisotopic (exact) mass is 421 g/mol. The first-order valence-electron chi connectivity index (χ1n) is 5.64. The van der Waals surface area contributed by atoms with Gasteiger partial charge in [-0.3, -0.25) is 0 Å². The smallest absolute Gasteiger partial charge is 0.0633 e. The minimum absolute atomic E-state index is 0.0692. The van der Waals surface area contributed by atoms with Crippen molar-refractivity contribution >= 4 is 60.7 Å². The second kappa shape index (κ2) is 6.49. The van der Waals surface area contributed by atoms with Crippen LogP contribution in [0.25, 0.3) is 0 Å². The summed E-state index contributed by atoms with van der Waals surface area (Å²) in [5.74, 6) is 0. The average Bonchev–Trinajstić information content (AvgIpc) is 2.33. The summed E-state index contributed by atoms with van der Waals surface area (Å²) >= 11 is 19.2. The minimum atomic E-state index is 0.0692. The number of hydrogen-bond donors (Lipinski definition) is 1. The predicted octanol–water partition coefficient (Wildman–Crippen LogP) is 6.69. The molecule has 0 aliphatic heterocycles. The summed E-state index contributed by atoms with van der Waals surface area (Å²) in [6.45, 7) is 2.06. The van der Waals surface area contributed by atoms with Gasteiger partial charge in [-0.2, -0.15) is 0 Å². The van der Waals surface area contributed by atoms with Crippen molar-refractivity contribution < 1.29 is 0 Å². The Labute approximate surface area is 139 Å². The fourth-order valence-electron chi connectivity index (χ4n) is 1.78. The second-order valence-electron chi connectivity index (χ2n) is 4.13. The van der Waals surface area contributed by atoms with Crippen molar-refractivity contribution in [3.05, 3.63) is 61.0 Å². The molecule has 19 heavy (non-hydrogen) atoms. The van der Waals surface area contributed by atoms with Crippen LogP contribution in [0.1, 0.15) is 18.5 Å². The highest BCUT2D eigenvalue weighted by atomic mass is 79.9. The third-order valence-corrected chi connectivity index (χ3v) is 4.64. The molecule has 0 aliphatic carbocycles. The highest BCUT2D eigenvalue weighted by Crippen LogP contribution is 2.35. The van der Waals surface area contributed by atoms with Gasteiger partial charge in [-0.15, -0.1) is 0 Å². The van der Waals surface area contributed by atoms with Crippen molar-refractivity contribution in [3.8, 4) is 0 Å². The Morgan fingerprint density at radius 1 is 1.05 bits per heavy atom. The van der Waals surface area contributed by atoms with Crippen LogP contribution in [0.2, 0.25) is 10.0 Å². The summed E-state index contributed by atoms with van der Waals surface area (Å²) in [5.41, 5.74) is 2.01. The SMILES string of the molecule is CC(Nc1c(Br)cccc1Br)c1ccc(Cl)cc1Cl. The van der Waals surface area contributed by atoms with Crippen molar-refractivity contribution in [2.45, 2.75) is 13.0 Å². The first-order valence-corrected chi connectivity index (χ1v) is 7.98. The lowest BCUT2D eigenvalue weighted by Gasteiger charge is -2.19. The molecule has 0 saturated heterocycles. The molecule has 2 aromatic rings. The maximum atomic E-state index is 6.22. The van der Waals surface area contributed by atoms with Crippen LogP contribution in [0.15, 0.2) is 45.3 Å². The van der Waals surface area contributed by atoms with Gasteiger partial charge in [0.15, 0.2) is 0 Å². The molecule has 0 fully saturated rings. The van der Waals surface area contributed by atoms with Crippen molar-refractivity contribution in [2.24, 2.45) is 0 Å². The molecule has 1 unspecified atom stereocenters. The number of hydrogen-bond acceptors (Lipinski definition) is 1. The summed E-state index contributed by atoms with van der Waals surface area (Å²) in [6.07, 6.45) is 0. The Morgan fingerprint density at radius 2 is 1.68 bits per heavy atom. The van der Waals surface area contributed by atoms with Crippen molar-refractivity contribution in [2.75, 3.05) is 5.32 Å². The lowest BCUT2D eigenvalue weighted by atomic mass is 10.1. The van der Waals surface area contributed by atoms with Gasteiger partial charge in [-0.05, 0) is 68.6 Å². The Kier molecular flexibility index (Phi) is 5.18. The third kappa shape index (κ3) is 3.66. The Balaban J connectivity index is 2.28. The van der Waals surface area contributed by atoms with E-state index in [0.717, 1.165) is 20.2 Å². The topological polar surface area (TPSA) is 12.0 Å². The largest absolute Gasteiger partial charge is 0.377 e. The molecule has 0 spiro atoms. The van der Waals surface area contributed by atoms with Gasteiger partial charge < -0.3 is 5.32 Å². The van der Waals surface area contributed by atoms with Crippen LogP contribution in [0.4, 0.5) is 5.69 Å². The Hall–Kier alpha value is -0.220. The lowest BCUT2D eigenvalue weighted by molar-refractivity contribution is 0.882. The van der Waals surface area contributed by atoms with Gasteiger partial charge in [0.05, 0.1) is 11.7 Å². The molecule has 0 heterocycles. The maximum absolute atomic E-state index is 6.22. The van der Waals surface area contributed by atoms with E-state index in [1.165, 1.54) is 0 Å². The predicted molar refractivity (Wildman–Crippen MR) is 90.3 cm³/mol. The molecule has 5 heteroatoms. The molecule has 1 nitrogen and oxygen atoms in total. The molecule has 2 rings (SSSR count). The van der Waals surface area contributed by atoms with E-state index in [-0.39, 0.29) is 6.04 Å². The zero-order valence-electron chi connectivity index (χ0n) is 10.1. The van der Waals surface area contributed by atoms with Gasteiger partial charge in [0.2, 0.25) is 0 Å². The molecule has 0 bridgehead atoms. The summed E-state index contributed by atoms with van der Waals surface area (Å²) in [5, 5.41) is 4.74. The minimum Gasteiger partial charge on any atom is -0.377 e. The fraction of sp³-hybridized carbons (Fsp3) is 0.143. The second-order valence-corrected chi connectivity index (χ2v) is 6.68. The summed E-state index contributed by atoms with van der Waals surface area (Å²) < 4.78 is 2.00. The molecule has 0 aliphatic rings. The third-order valence-electron chi connectivity index (χ3n) is 2.75. The molecule has 0 radical (unpaired) electrons. The van der Waals surface area contributed by atoms with E-state index in [1.54, 1.807) is 6.07 Å². The van der Waals surface area contributed by atoms with E-state index in [2.05, 4.69) is 44.1 Å². The van der Waals surface area contributed by atoms with E-state index < -0.39 is 0 Å². The van der Waals surface area contributed by atoms with Crippen LogP contribution in [0, 0.1) is 0 Å². The summed E-state index contributed by atoms with van der Waals surface area (Å²) in [6, 6.07) is 11.6. The van der Waals surface area contributed by atoms with Crippen LogP contribution in [-0.2, 0) is 0 Å². The van der Waals surface area contributed by atoms with Gasteiger partial charge in [0, 0.05) is 19.0 Å². The van der Waals surface area contributed by atoms with Crippen LogP contribution in [-0.4, -0.2) is 0 Å². The van der Waals surface area contributed by atoms with Gasteiger partial charge in [-0.1, -0.05) is 35.3 Å². The summed E-state index contributed by atoms with van der Waals surface area (Å²) in [7, 11) is 0. The molecular formula is C14H11Br2Cl2N. The number of anilines is 1. The fourth-order valence-corrected chi connectivity index (χ4v) is 3.58. The first-order chi connectivity index (χ1) is 8.99.